The van der Waals surface area contributed by atoms with E-state index in [0.29, 0.717) is 15.6 Å². The summed E-state index contributed by atoms with van der Waals surface area (Å²) < 4.78 is 0. The van der Waals surface area contributed by atoms with E-state index in [0.717, 1.165) is 11.1 Å². The van der Waals surface area contributed by atoms with E-state index in [4.69, 9.17) is 0 Å². The van der Waals surface area contributed by atoms with Crippen LogP contribution in [0.3, 0.4) is 0 Å². The molecule has 0 bridgehead atoms. The van der Waals surface area contributed by atoms with Crippen molar-refractivity contribution in [3.8, 4) is 0 Å². The number of hydrogen-bond donors (Lipinski definition) is 1. The average molecular weight is 255 g/mol. The van der Waals surface area contributed by atoms with Crippen molar-refractivity contribution in [2.75, 3.05) is 0 Å². The van der Waals surface area contributed by atoms with Gasteiger partial charge in [-0.1, -0.05) is 30.8 Å². The Morgan fingerprint density at radius 1 is 1.22 bits per heavy atom. The molecule has 1 aliphatic rings. The summed E-state index contributed by atoms with van der Waals surface area (Å²) in [6.07, 6.45) is 3.21. The van der Waals surface area contributed by atoms with Crippen LogP contribution in [0.15, 0.2) is 53.3 Å². The molecule has 1 aliphatic carbocycles. The second kappa shape index (κ2) is 4.27. The van der Waals surface area contributed by atoms with Crippen LogP contribution in [0.4, 0.5) is 0 Å². The normalized spacial score (nSPS) is 14.3. The van der Waals surface area contributed by atoms with Gasteiger partial charge in [0.2, 0.25) is 0 Å². The number of ketones is 1. The van der Waals surface area contributed by atoms with Gasteiger partial charge in [0, 0.05) is 5.56 Å². The van der Waals surface area contributed by atoms with E-state index in [1.54, 1.807) is 6.08 Å². The predicted molar refractivity (Wildman–Crippen MR) is 70.1 cm³/mol. The molecule has 1 N–H and O–H groups in total. The molecule has 88 valence electrons. The summed E-state index contributed by atoms with van der Waals surface area (Å²) >= 11 is 1.27. The smallest absolute Gasteiger partial charge is 0.200 e. The molecule has 1 aromatic heterocycles. The van der Waals surface area contributed by atoms with Crippen molar-refractivity contribution < 1.29 is 4.79 Å². The molecule has 0 atom stereocenters. The third-order valence-corrected chi connectivity index (χ3v) is 3.56. The van der Waals surface area contributed by atoms with Crippen molar-refractivity contribution >= 4 is 23.1 Å². The van der Waals surface area contributed by atoms with Crippen LogP contribution in [0.5, 0.6) is 0 Å². The molecule has 0 saturated carbocycles. The van der Waals surface area contributed by atoms with Crippen LogP contribution in [-0.4, -0.2) is 21.0 Å². The lowest BCUT2D eigenvalue weighted by Gasteiger charge is -2.16. The number of H-pyrrole nitrogens is 1. The lowest BCUT2D eigenvalue weighted by molar-refractivity contribution is 0.104. The minimum atomic E-state index is -0.000556. The Labute approximate surface area is 108 Å². The van der Waals surface area contributed by atoms with Gasteiger partial charge in [0.15, 0.2) is 10.9 Å². The molecule has 1 heterocycles. The van der Waals surface area contributed by atoms with Crippen molar-refractivity contribution in [1.82, 2.24) is 15.2 Å². The number of fused-ring (bicyclic) bond motifs is 1. The zero-order valence-electron chi connectivity index (χ0n) is 9.38. The second-order valence-electron chi connectivity index (χ2n) is 3.80. The monoisotopic (exact) mass is 255 g/mol. The topological polar surface area (TPSA) is 58.6 Å². The maximum atomic E-state index is 12.3. The predicted octanol–water partition coefficient (Wildman–Crippen LogP) is 2.69. The first-order chi connectivity index (χ1) is 8.75. The summed E-state index contributed by atoms with van der Waals surface area (Å²) in [5, 5.41) is 7.08. The maximum absolute atomic E-state index is 12.3. The molecule has 0 unspecified atom stereocenters. The number of nitrogens with one attached hydrogen (secondary N) is 1. The number of hydrogen-bond acceptors (Lipinski definition) is 4. The Morgan fingerprint density at radius 3 is 2.72 bits per heavy atom. The number of carbonyl (C=O) groups excluding carboxylic acids is 1. The number of nitrogens with zero attached hydrogens (tertiary/aromatic N) is 2. The zero-order valence-corrected chi connectivity index (χ0v) is 10.2. The Hall–Kier alpha value is -2.14. The van der Waals surface area contributed by atoms with Crippen molar-refractivity contribution in [3.05, 3.63) is 59.3 Å². The minimum Gasteiger partial charge on any atom is -0.288 e. The summed E-state index contributed by atoms with van der Waals surface area (Å²) in [4.78, 5) is 16.9. The quantitative estimate of drug-likeness (QED) is 0.896. The first-order valence-electron chi connectivity index (χ1n) is 5.33. The van der Waals surface area contributed by atoms with Gasteiger partial charge in [-0.2, -0.15) is 5.10 Å². The second-order valence-corrected chi connectivity index (χ2v) is 4.83. The van der Waals surface area contributed by atoms with Crippen LogP contribution >= 0.6 is 11.8 Å². The molecular formula is C13H9N3OS. The van der Waals surface area contributed by atoms with Gasteiger partial charge in [-0.05, 0) is 29.0 Å². The van der Waals surface area contributed by atoms with Crippen molar-refractivity contribution in [1.29, 1.82) is 0 Å². The molecule has 3 rings (SSSR count). The van der Waals surface area contributed by atoms with E-state index < -0.39 is 0 Å². The molecule has 1 aromatic carbocycles. The Balaban J connectivity index is 1.99. The molecule has 5 heteroatoms. The number of allylic oxidation sites excluding steroid dienone is 3. The first-order valence-corrected chi connectivity index (χ1v) is 6.15. The summed E-state index contributed by atoms with van der Waals surface area (Å²) in [5.41, 5.74) is 2.42. The summed E-state index contributed by atoms with van der Waals surface area (Å²) in [5.74, 6) is -0.000556. The standard InChI is InChI=1S/C13H9N3OS/c1-8-6-11(18-13-14-7-15-16-13)12(17)10-5-3-2-4-9(8)10/h2-7H,1H2,(H,14,15,16). The number of aromatic amines is 1. The molecule has 18 heavy (non-hydrogen) atoms. The summed E-state index contributed by atoms with van der Waals surface area (Å²) in [7, 11) is 0. The molecular weight excluding hydrogens is 246 g/mol. The fourth-order valence-corrected chi connectivity index (χ4v) is 2.63. The van der Waals surface area contributed by atoms with E-state index in [1.165, 1.54) is 18.1 Å². The van der Waals surface area contributed by atoms with Crippen LogP contribution in [0, 0.1) is 0 Å². The van der Waals surface area contributed by atoms with E-state index in [1.807, 2.05) is 24.3 Å². The third kappa shape index (κ3) is 1.78. The lowest BCUT2D eigenvalue weighted by atomic mass is 9.93. The molecule has 0 aliphatic heterocycles. The van der Waals surface area contributed by atoms with Crippen molar-refractivity contribution in [2.24, 2.45) is 0 Å². The summed E-state index contributed by atoms with van der Waals surface area (Å²) in [6.45, 7) is 3.98. The van der Waals surface area contributed by atoms with Crippen LogP contribution < -0.4 is 0 Å². The highest BCUT2D eigenvalue weighted by atomic mass is 32.2. The van der Waals surface area contributed by atoms with Gasteiger partial charge in [-0.25, -0.2) is 4.98 Å². The minimum absolute atomic E-state index is 0.000556. The lowest BCUT2D eigenvalue weighted by Crippen LogP contribution is -2.09. The Bertz CT molecular complexity index is 659. The fourth-order valence-electron chi connectivity index (χ4n) is 1.82. The van der Waals surface area contributed by atoms with Gasteiger partial charge in [-0.15, -0.1) is 0 Å². The van der Waals surface area contributed by atoms with Gasteiger partial charge < -0.3 is 0 Å². The largest absolute Gasteiger partial charge is 0.288 e. The zero-order chi connectivity index (χ0) is 12.5. The molecule has 2 aromatic rings. The van der Waals surface area contributed by atoms with Gasteiger partial charge in [0.05, 0.1) is 4.91 Å². The van der Waals surface area contributed by atoms with E-state index in [9.17, 15) is 4.79 Å². The number of aromatic nitrogens is 3. The van der Waals surface area contributed by atoms with E-state index >= 15 is 0 Å². The van der Waals surface area contributed by atoms with Crippen molar-refractivity contribution in [3.63, 3.8) is 0 Å². The number of carbonyl (C=O) groups is 1. The van der Waals surface area contributed by atoms with E-state index in [2.05, 4.69) is 21.8 Å². The van der Waals surface area contributed by atoms with Crippen LogP contribution in [-0.2, 0) is 0 Å². The molecule has 0 amide bonds. The van der Waals surface area contributed by atoms with Crippen LogP contribution in [0.1, 0.15) is 15.9 Å². The Kier molecular flexibility index (Phi) is 2.60. The molecule has 0 spiro atoms. The van der Waals surface area contributed by atoms with E-state index in [-0.39, 0.29) is 5.78 Å². The number of thioether (sulfide) groups is 1. The first kappa shape index (κ1) is 11.0. The van der Waals surface area contributed by atoms with Crippen LogP contribution in [0.25, 0.3) is 5.57 Å². The number of rotatable bonds is 2. The number of benzene rings is 1. The van der Waals surface area contributed by atoms with Crippen molar-refractivity contribution in [2.45, 2.75) is 5.16 Å². The molecule has 4 nitrogen and oxygen atoms in total. The summed E-state index contributed by atoms with van der Waals surface area (Å²) in [6, 6.07) is 7.48. The fraction of sp³-hybridized carbons (Fsp3) is 0. The number of Topliss-reactive ketones (excluding diaryl/α,β-unsaturated/α-hetero) is 1. The SMILES string of the molecule is C=C1C=C(Sc2ncn[nH]2)C(=O)c2ccccc21. The third-order valence-electron chi connectivity index (χ3n) is 2.65. The molecule has 0 radical (unpaired) electrons. The van der Waals surface area contributed by atoms with Gasteiger partial charge in [0.25, 0.3) is 0 Å². The highest BCUT2D eigenvalue weighted by Crippen LogP contribution is 2.35. The van der Waals surface area contributed by atoms with Gasteiger partial charge >= 0.3 is 0 Å². The molecule has 0 fully saturated rings. The maximum Gasteiger partial charge on any atom is 0.200 e. The van der Waals surface area contributed by atoms with Crippen LogP contribution in [0.2, 0.25) is 0 Å². The average Bonchev–Trinajstić information content (AvgIpc) is 2.89. The van der Waals surface area contributed by atoms with Gasteiger partial charge in [0.1, 0.15) is 6.33 Å². The molecule has 0 saturated heterocycles. The Morgan fingerprint density at radius 2 is 2.00 bits per heavy atom. The van der Waals surface area contributed by atoms with Gasteiger partial charge in [-0.3, -0.25) is 9.89 Å². The highest BCUT2D eigenvalue weighted by Gasteiger charge is 2.23. The highest BCUT2D eigenvalue weighted by molar-refractivity contribution is 8.03.